The second kappa shape index (κ2) is 15.0. The van der Waals surface area contributed by atoms with E-state index in [2.05, 4.69) is 254 Å². The summed E-state index contributed by atoms with van der Waals surface area (Å²) >= 11 is 0. The van der Waals surface area contributed by atoms with Gasteiger partial charge in [-0.15, -0.1) is 0 Å². The predicted octanol–water partition coefficient (Wildman–Crippen LogP) is 16.8. The van der Waals surface area contributed by atoms with Crippen molar-refractivity contribution >= 4 is 38.9 Å². The summed E-state index contributed by atoms with van der Waals surface area (Å²) in [7, 11) is 0. The molecule has 11 aromatic rings. The summed E-state index contributed by atoms with van der Waals surface area (Å²) < 4.78 is 9.37. The molecule has 0 atom stereocenters. The van der Waals surface area contributed by atoms with Crippen molar-refractivity contribution in [1.82, 2.24) is 4.57 Å². The van der Waals surface area contributed by atoms with Crippen LogP contribution in [0, 0.1) is 0 Å². The predicted molar refractivity (Wildman–Crippen MR) is 267 cm³/mol. The number of rotatable bonds is 8. The number of aromatic nitrogens is 1. The standard InChI is InChI=1S/C61H44N2O/c1-61(2)54-40-50(36-37-52(54)60-58(61)57(44-19-9-4-10-20-44)59(64-60)45-21-11-5-12-22-45)62(48-32-27-42(28-33-48)41-17-7-3-8-18-41)49-34-29-43(30-35-49)46-31-38-56-53(39-46)51-25-15-16-26-55(51)63(56)47-23-13-6-14-24-47/h3-40H,1-2H3. The Bertz CT molecular complexity index is 3470. The quantitative estimate of drug-likeness (QED) is 0.152. The van der Waals surface area contributed by atoms with Crippen molar-refractivity contribution in [3.63, 3.8) is 0 Å². The van der Waals surface area contributed by atoms with E-state index in [1.54, 1.807) is 0 Å². The molecule has 9 aromatic carbocycles. The molecule has 2 aromatic heterocycles. The van der Waals surface area contributed by atoms with Crippen molar-refractivity contribution in [2.45, 2.75) is 19.3 Å². The number of anilines is 3. The summed E-state index contributed by atoms with van der Waals surface area (Å²) in [6.45, 7) is 4.69. The Morgan fingerprint density at radius 3 is 1.55 bits per heavy atom. The molecule has 0 fully saturated rings. The van der Waals surface area contributed by atoms with E-state index in [9.17, 15) is 0 Å². The monoisotopic (exact) mass is 820 g/mol. The molecule has 0 saturated carbocycles. The van der Waals surface area contributed by atoms with Crippen LogP contribution < -0.4 is 4.90 Å². The number of nitrogens with zero attached hydrogens (tertiary/aromatic N) is 2. The highest BCUT2D eigenvalue weighted by Gasteiger charge is 2.43. The van der Waals surface area contributed by atoms with Crippen molar-refractivity contribution in [2.75, 3.05) is 4.90 Å². The Morgan fingerprint density at radius 1 is 0.391 bits per heavy atom. The third kappa shape index (κ3) is 6.12. The summed E-state index contributed by atoms with van der Waals surface area (Å²) in [6.07, 6.45) is 0. The van der Waals surface area contributed by atoms with Crippen LogP contribution >= 0.6 is 0 Å². The fourth-order valence-corrected chi connectivity index (χ4v) is 10.1. The first-order valence-electron chi connectivity index (χ1n) is 22.1. The van der Waals surface area contributed by atoms with E-state index in [1.807, 2.05) is 0 Å². The molecule has 0 spiro atoms. The van der Waals surface area contributed by atoms with Crippen LogP contribution in [0.5, 0.6) is 0 Å². The molecule has 3 heteroatoms. The summed E-state index contributed by atoms with van der Waals surface area (Å²) in [6, 6.07) is 83.0. The maximum atomic E-state index is 7.00. The highest BCUT2D eigenvalue weighted by molar-refractivity contribution is 6.10. The topological polar surface area (TPSA) is 21.3 Å². The van der Waals surface area contributed by atoms with E-state index in [4.69, 9.17) is 4.42 Å². The van der Waals surface area contributed by atoms with Crippen molar-refractivity contribution in [3.05, 3.63) is 242 Å². The van der Waals surface area contributed by atoms with E-state index >= 15 is 0 Å². The highest BCUT2D eigenvalue weighted by Crippen LogP contribution is 2.57. The minimum atomic E-state index is -0.336. The van der Waals surface area contributed by atoms with Crippen LogP contribution in [-0.2, 0) is 5.41 Å². The molecule has 64 heavy (non-hydrogen) atoms. The number of hydrogen-bond acceptors (Lipinski definition) is 2. The highest BCUT2D eigenvalue weighted by atomic mass is 16.3. The third-order valence-corrected chi connectivity index (χ3v) is 13.2. The van der Waals surface area contributed by atoms with Crippen molar-refractivity contribution in [2.24, 2.45) is 0 Å². The molecule has 304 valence electrons. The van der Waals surface area contributed by atoms with Crippen LogP contribution in [0.25, 0.3) is 83.5 Å². The van der Waals surface area contributed by atoms with Gasteiger partial charge in [-0.05, 0) is 106 Å². The summed E-state index contributed by atoms with van der Waals surface area (Å²) in [5.74, 6) is 1.87. The zero-order valence-corrected chi connectivity index (χ0v) is 35.7. The van der Waals surface area contributed by atoms with Crippen LogP contribution in [0.3, 0.4) is 0 Å². The maximum Gasteiger partial charge on any atom is 0.142 e. The smallest absolute Gasteiger partial charge is 0.142 e. The van der Waals surface area contributed by atoms with Gasteiger partial charge in [-0.2, -0.15) is 0 Å². The van der Waals surface area contributed by atoms with Crippen LogP contribution in [-0.4, -0.2) is 4.57 Å². The molecule has 1 aliphatic rings. The number of para-hydroxylation sites is 2. The summed E-state index contributed by atoms with van der Waals surface area (Å²) in [5.41, 5.74) is 18.3. The molecule has 0 radical (unpaired) electrons. The van der Waals surface area contributed by atoms with Gasteiger partial charge in [0.2, 0.25) is 0 Å². The second-order valence-corrected chi connectivity index (χ2v) is 17.3. The van der Waals surface area contributed by atoms with Gasteiger partial charge in [0.1, 0.15) is 11.5 Å². The van der Waals surface area contributed by atoms with Gasteiger partial charge in [0.25, 0.3) is 0 Å². The lowest BCUT2D eigenvalue weighted by molar-refractivity contribution is 0.593. The molecule has 3 nitrogen and oxygen atoms in total. The Labute approximate surface area is 373 Å². The van der Waals surface area contributed by atoms with Gasteiger partial charge in [0.05, 0.1) is 11.0 Å². The molecule has 0 unspecified atom stereocenters. The minimum Gasteiger partial charge on any atom is -0.455 e. The van der Waals surface area contributed by atoms with Gasteiger partial charge < -0.3 is 13.9 Å². The number of hydrogen-bond donors (Lipinski definition) is 0. The lowest BCUT2D eigenvalue weighted by Gasteiger charge is -2.28. The normalized spacial score (nSPS) is 12.7. The van der Waals surface area contributed by atoms with Crippen LogP contribution in [0.1, 0.15) is 25.0 Å². The Hall–Kier alpha value is -8.14. The molecule has 2 heterocycles. The van der Waals surface area contributed by atoms with E-state index in [1.165, 1.54) is 55.2 Å². The molecule has 0 N–H and O–H groups in total. The first kappa shape index (κ1) is 37.6. The van der Waals surface area contributed by atoms with Gasteiger partial charge in [-0.1, -0.05) is 172 Å². The van der Waals surface area contributed by atoms with Gasteiger partial charge in [-0.25, -0.2) is 0 Å². The fourth-order valence-electron chi connectivity index (χ4n) is 10.1. The van der Waals surface area contributed by atoms with E-state index in [-0.39, 0.29) is 5.41 Å². The van der Waals surface area contributed by atoms with Gasteiger partial charge in [0, 0.05) is 61.2 Å². The van der Waals surface area contributed by atoms with E-state index in [0.717, 1.165) is 56.5 Å². The average Bonchev–Trinajstić information content (AvgIpc) is 3.99. The molecule has 0 amide bonds. The molecular formula is C61H44N2O. The largest absolute Gasteiger partial charge is 0.455 e. The van der Waals surface area contributed by atoms with Gasteiger partial charge >= 0.3 is 0 Å². The zero-order valence-electron chi connectivity index (χ0n) is 35.7. The second-order valence-electron chi connectivity index (χ2n) is 17.3. The van der Waals surface area contributed by atoms with E-state index in [0.29, 0.717) is 0 Å². The number of fused-ring (bicyclic) bond motifs is 6. The van der Waals surface area contributed by atoms with Crippen LogP contribution in [0.2, 0.25) is 0 Å². The fraction of sp³-hybridized carbons (Fsp3) is 0.0492. The number of furan rings is 1. The third-order valence-electron chi connectivity index (χ3n) is 13.2. The number of benzene rings is 9. The Balaban J connectivity index is 0.969. The first-order valence-corrected chi connectivity index (χ1v) is 22.1. The zero-order chi connectivity index (χ0) is 42.8. The molecular weight excluding hydrogens is 777 g/mol. The molecule has 0 saturated heterocycles. The maximum absolute atomic E-state index is 7.00. The lowest BCUT2D eigenvalue weighted by Crippen LogP contribution is -2.17. The minimum absolute atomic E-state index is 0.336. The van der Waals surface area contributed by atoms with Gasteiger partial charge in [-0.3, -0.25) is 0 Å². The Kier molecular flexibility index (Phi) is 8.84. The molecule has 12 rings (SSSR count). The van der Waals surface area contributed by atoms with Crippen molar-refractivity contribution in [1.29, 1.82) is 0 Å². The van der Waals surface area contributed by atoms with Gasteiger partial charge in [0.15, 0.2) is 0 Å². The van der Waals surface area contributed by atoms with Crippen molar-refractivity contribution < 1.29 is 4.42 Å². The lowest BCUT2D eigenvalue weighted by atomic mass is 9.79. The van der Waals surface area contributed by atoms with Crippen molar-refractivity contribution in [3.8, 4) is 61.7 Å². The summed E-state index contributed by atoms with van der Waals surface area (Å²) in [5, 5.41) is 2.49. The Morgan fingerprint density at radius 2 is 0.891 bits per heavy atom. The van der Waals surface area contributed by atoms with Crippen LogP contribution in [0.4, 0.5) is 17.1 Å². The first-order chi connectivity index (χ1) is 31.5. The van der Waals surface area contributed by atoms with Crippen LogP contribution in [0.15, 0.2) is 235 Å². The SMILES string of the molecule is CC1(C)c2cc(N(c3ccc(-c4ccccc4)cc3)c3ccc(-c4ccc5c(c4)c4ccccc4n5-c4ccccc4)cc3)ccc2-c2oc(-c3ccccc3)c(-c3ccccc3)c21. The summed E-state index contributed by atoms with van der Waals surface area (Å²) in [4.78, 5) is 2.39. The molecule has 1 aliphatic carbocycles. The van der Waals surface area contributed by atoms with E-state index < -0.39 is 0 Å². The average molecular weight is 821 g/mol. The molecule has 0 aliphatic heterocycles. The molecule has 0 bridgehead atoms.